The smallest absolute Gasteiger partial charge is 0.0757 e. The zero-order chi connectivity index (χ0) is 12.3. The summed E-state index contributed by atoms with van der Waals surface area (Å²) in [6.45, 7) is 16.4. The largest absolute Gasteiger partial charge is 0.370 e. The van der Waals surface area contributed by atoms with Gasteiger partial charge in [0.2, 0.25) is 0 Å². The third kappa shape index (κ3) is 3.72. The van der Waals surface area contributed by atoms with E-state index < -0.39 is 0 Å². The number of nitrogens with one attached hydrogen (secondary N) is 1. The number of likely N-dealkylation sites (N-methyl/N-ethyl adjacent to an activating group) is 1. The Hall–Kier alpha value is -0.120. The summed E-state index contributed by atoms with van der Waals surface area (Å²) in [5, 5.41) is 3.50. The number of ether oxygens (including phenoxy) is 1. The minimum Gasteiger partial charge on any atom is -0.370 e. The molecule has 0 aromatic carbocycles. The minimum absolute atomic E-state index is 0.0160. The van der Waals surface area contributed by atoms with Gasteiger partial charge >= 0.3 is 0 Å². The van der Waals surface area contributed by atoms with Crippen LogP contribution in [-0.4, -0.2) is 48.3 Å². The lowest BCUT2D eigenvalue weighted by Crippen LogP contribution is -2.58. The summed E-state index contributed by atoms with van der Waals surface area (Å²) in [5.41, 5.74) is -0.0160. The lowest BCUT2D eigenvalue weighted by molar-refractivity contribution is -0.138. The van der Waals surface area contributed by atoms with Crippen molar-refractivity contribution in [3.8, 4) is 0 Å². The van der Waals surface area contributed by atoms with Gasteiger partial charge in [0.25, 0.3) is 0 Å². The second-order valence-electron chi connectivity index (χ2n) is 5.70. The van der Waals surface area contributed by atoms with E-state index in [4.69, 9.17) is 4.74 Å². The van der Waals surface area contributed by atoms with E-state index in [-0.39, 0.29) is 5.60 Å². The molecule has 0 aromatic rings. The Morgan fingerprint density at radius 2 is 2.06 bits per heavy atom. The number of nitrogens with zero attached hydrogens (tertiary/aromatic N) is 1. The number of hydrogen-bond donors (Lipinski definition) is 1. The van der Waals surface area contributed by atoms with E-state index >= 15 is 0 Å². The van der Waals surface area contributed by atoms with Gasteiger partial charge in [-0.25, -0.2) is 0 Å². The van der Waals surface area contributed by atoms with Crippen LogP contribution in [0, 0.1) is 0 Å². The molecular weight excluding hydrogens is 200 g/mol. The van der Waals surface area contributed by atoms with Gasteiger partial charge in [-0.15, -0.1) is 0 Å². The molecule has 1 N–H and O–H groups in total. The van der Waals surface area contributed by atoms with Gasteiger partial charge in [-0.1, -0.05) is 6.92 Å². The topological polar surface area (TPSA) is 24.5 Å². The Balaban J connectivity index is 2.58. The first-order chi connectivity index (χ1) is 7.35. The monoisotopic (exact) mass is 228 g/mol. The van der Waals surface area contributed by atoms with Crippen molar-refractivity contribution in [2.24, 2.45) is 0 Å². The standard InChI is InChI=1S/C13H28N2O/c1-7-14-11(3)12(4)15-8-10(2)16-13(5,6)9-15/h10-12,14H,7-9H2,1-6H3. The molecule has 0 saturated carbocycles. The van der Waals surface area contributed by atoms with Crippen molar-refractivity contribution in [2.75, 3.05) is 19.6 Å². The summed E-state index contributed by atoms with van der Waals surface area (Å²) in [6, 6.07) is 1.09. The van der Waals surface area contributed by atoms with Crippen LogP contribution in [0.5, 0.6) is 0 Å². The molecule has 0 amide bonds. The molecule has 16 heavy (non-hydrogen) atoms. The van der Waals surface area contributed by atoms with E-state index in [0.29, 0.717) is 18.2 Å². The van der Waals surface area contributed by atoms with Crippen molar-refractivity contribution in [3.63, 3.8) is 0 Å². The molecule has 0 spiro atoms. The lowest BCUT2D eigenvalue weighted by atomic mass is 10.0. The van der Waals surface area contributed by atoms with Crippen LogP contribution in [0.2, 0.25) is 0 Å². The van der Waals surface area contributed by atoms with Crippen molar-refractivity contribution in [3.05, 3.63) is 0 Å². The van der Waals surface area contributed by atoms with E-state index in [1.54, 1.807) is 0 Å². The molecule has 1 aliphatic heterocycles. The molecule has 1 rings (SSSR count). The molecule has 1 fully saturated rings. The van der Waals surface area contributed by atoms with Gasteiger partial charge in [0, 0.05) is 25.2 Å². The number of rotatable bonds is 4. The second kappa shape index (κ2) is 5.48. The summed E-state index contributed by atoms with van der Waals surface area (Å²) < 4.78 is 5.93. The van der Waals surface area contributed by atoms with Crippen molar-refractivity contribution in [2.45, 2.75) is 65.3 Å². The maximum atomic E-state index is 5.93. The zero-order valence-electron chi connectivity index (χ0n) is 11.7. The highest BCUT2D eigenvalue weighted by Gasteiger charge is 2.34. The molecule has 3 unspecified atom stereocenters. The molecule has 3 atom stereocenters. The second-order valence-corrected chi connectivity index (χ2v) is 5.70. The quantitative estimate of drug-likeness (QED) is 0.795. The fourth-order valence-electron chi connectivity index (χ4n) is 2.62. The SMILES string of the molecule is CCNC(C)C(C)N1CC(C)OC(C)(C)C1. The lowest BCUT2D eigenvalue weighted by Gasteiger charge is -2.45. The van der Waals surface area contributed by atoms with E-state index in [2.05, 4.69) is 51.8 Å². The van der Waals surface area contributed by atoms with E-state index in [1.165, 1.54) is 0 Å². The van der Waals surface area contributed by atoms with Gasteiger partial charge in [0.15, 0.2) is 0 Å². The van der Waals surface area contributed by atoms with Crippen LogP contribution in [0.1, 0.15) is 41.5 Å². The van der Waals surface area contributed by atoms with E-state index in [9.17, 15) is 0 Å². The van der Waals surface area contributed by atoms with Crippen LogP contribution in [0.15, 0.2) is 0 Å². The van der Waals surface area contributed by atoms with Gasteiger partial charge in [-0.2, -0.15) is 0 Å². The van der Waals surface area contributed by atoms with Crippen molar-refractivity contribution in [1.29, 1.82) is 0 Å². The predicted molar refractivity (Wildman–Crippen MR) is 68.8 cm³/mol. The van der Waals surface area contributed by atoms with Crippen LogP contribution in [0.25, 0.3) is 0 Å². The maximum Gasteiger partial charge on any atom is 0.0757 e. The Kier molecular flexibility index (Phi) is 4.77. The fraction of sp³-hybridized carbons (Fsp3) is 1.00. The predicted octanol–water partition coefficient (Wildman–Crippen LogP) is 1.87. The van der Waals surface area contributed by atoms with E-state index in [1.807, 2.05) is 0 Å². The highest BCUT2D eigenvalue weighted by Crippen LogP contribution is 2.23. The fourth-order valence-corrected chi connectivity index (χ4v) is 2.62. The van der Waals surface area contributed by atoms with Crippen LogP contribution in [-0.2, 0) is 4.74 Å². The minimum atomic E-state index is -0.0160. The zero-order valence-corrected chi connectivity index (χ0v) is 11.7. The van der Waals surface area contributed by atoms with Crippen molar-refractivity contribution >= 4 is 0 Å². The molecule has 1 saturated heterocycles. The molecule has 1 aliphatic rings. The van der Waals surface area contributed by atoms with Gasteiger partial charge < -0.3 is 10.1 Å². The van der Waals surface area contributed by atoms with Crippen LogP contribution in [0.4, 0.5) is 0 Å². The van der Waals surface area contributed by atoms with E-state index in [0.717, 1.165) is 19.6 Å². The third-order valence-corrected chi connectivity index (χ3v) is 3.42. The molecule has 0 aromatic heterocycles. The first-order valence-electron chi connectivity index (χ1n) is 6.51. The average molecular weight is 228 g/mol. The summed E-state index contributed by atoms with van der Waals surface area (Å²) in [4.78, 5) is 2.54. The van der Waals surface area contributed by atoms with Gasteiger partial charge in [-0.05, 0) is 41.2 Å². The highest BCUT2D eigenvalue weighted by atomic mass is 16.5. The van der Waals surface area contributed by atoms with Crippen molar-refractivity contribution < 1.29 is 4.74 Å². The number of morpholine rings is 1. The Labute approximate surface area is 101 Å². The molecular formula is C13H28N2O. The first-order valence-corrected chi connectivity index (χ1v) is 6.51. The van der Waals surface area contributed by atoms with Crippen LogP contribution in [0.3, 0.4) is 0 Å². The third-order valence-electron chi connectivity index (χ3n) is 3.42. The molecule has 3 nitrogen and oxygen atoms in total. The Bertz CT molecular complexity index is 218. The summed E-state index contributed by atoms with van der Waals surface area (Å²) >= 11 is 0. The maximum absolute atomic E-state index is 5.93. The van der Waals surface area contributed by atoms with Gasteiger partial charge in [-0.3, -0.25) is 4.90 Å². The normalized spacial score (nSPS) is 30.0. The molecule has 3 heteroatoms. The van der Waals surface area contributed by atoms with Crippen LogP contribution >= 0.6 is 0 Å². The number of hydrogen-bond acceptors (Lipinski definition) is 3. The molecule has 0 bridgehead atoms. The Morgan fingerprint density at radius 3 is 2.56 bits per heavy atom. The summed E-state index contributed by atoms with van der Waals surface area (Å²) in [7, 11) is 0. The average Bonchev–Trinajstić information content (AvgIpc) is 2.13. The molecule has 0 aliphatic carbocycles. The van der Waals surface area contributed by atoms with Gasteiger partial charge in [0.1, 0.15) is 0 Å². The highest BCUT2D eigenvalue weighted by molar-refractivity contribution is 4.88. The van der Waals surface area contributed by atoms with Crippen molar-refractivity contribution in [1.82, 2.24) is 10.2 Å². The Morgan fingerprint density at radius 1 is 1.44 bits per heavy atom. The molecule has 1 heterocycles. The summed E-state index contributed by atoms with van der Waals surface area (Å²) in [5.74, 6) is 0. The summed E-state index contributed by atoms with van der Waals surface area (Å²) in [6.07, 6.45) is 0.333. The van der Waals surface area contributed by atoms with Crippen LogP contribution < -0.4 is 5.32 Å². The van der Waals surface area contributed by atoms with Gasteiger partial charge in [0.05, 0.1) is 11.7 Å². The molecule has 0 radical (unpaired) electrons. The first kappa shape index (κ1) is 13.9. The molecule has 96 valence electrons.